The van der Waals surface area contributed by atoms with Gasteiger partial charge in [0.05, 0.1) is 15.0 Å². The van der Waals surface area contributed by atoms with E-state index in [-0.39, 0.29) is 0 Å². The Balaban J connectivity index is 3.56. The summed E-state index contributed by atoms with van der Waals surface area (Å²) in [4.78, 5) is 8.90. The zero-order valence-corrected chi connectivity index (χ0v) is 7.29. The van der Waals surface area contributed by atoms with Gasteiger partial charge in [0, 0.05) is 6.07 Å². The average Bonchev–Trinajstić information content (AvgIpc) is 2.01. The SMILES string of the molecule is O=[N+]([O-])c1c(F)c(Cl)[c]c(Cl)c1F. The molecule has 1 aromatic rings. The van der Waals surface area contributed by atoms with Crippen LogP contribution in [0.15, 0.2) is 0 Å². The smallest absolute Gasteiger partial charge is 0.258 e. The van der Waals surface area contributed by atoms with Crippen LogP contribution in [0.2, 0.25) is 10.0 Å². The van der Waals surface area contributed by atoms with E-state index < -0.39 is 32.3 Å². The molecule has 1 radical (unpaired) electrons. The summed E-state index contributed by atoms with van der Waals surface area (Å²) in [5, 5.41) is 8.72. The minimum atomic E-state index is -1.48. The molecule has 0 spiro atoms. The van der Waals surface area contributed by atoms with Gasteiger partial charge < -0.3 is 0 Å². The van der Waals surface area contributed by atoms with Gasteiger partial charge in [0.1, 0.15) is 0 Å². The van der Waals surface area contributed by atoms with E-state index in [0.29, 0.717) is 0 Å². The highest BCUT2D eigenvalue weighted by molar-refractivity contribution is 6.34. The van der Waals surface area contributed by atoms with Gasteiger partial charge in [0.2, 0.25) is 11.6 Å². The summed E-state index contributed by atoms with van der Waals surface area (Å²) < 4.78 is 25.6. The lowest BCUT2D eigenvalue weighted by molar-refractivity contribution is -0.390. The van der Waals surface area contributed by atoms with Crippen LogP contribution >= 0.6 is 23.2 Å². The van der Waals surface area contributed by atoms with Crippen LogP contribution in [0.3, 0.4) is 0 Å². The topological polar surface area (TPSA) is 43.1 Å². The standard InChI is InChI=1S/C6Cl2F2NO2/c7-2-1-3(8)5(10)6(4(2)9)11(12)13. The average molecular weight is 227 g/mol. The van der Waals surface area contributed by atoms with Crippen LogP contribution in [0.4, 0.5) is 14.5 Å². The highest BCUT2D eigenvalue weighted by Crippen LogP contribution is 2.32. The van der Waals surface area contributed by atoms with E-state index in [1.54, 1.807) is 0 Å². The molecular weight excluding hydrogens is 227 g/mol. The lowest BCUT2D eigenvalue weighted by Gasteiger charge is -1.98. The molecule has 0 saturated heterocycles. The lowest BCUT2D eigenvalue weighted by Crippen LogP contribution is -1.98. The van der Waals surface area contributed by atoms with Gasteiger partial charge >= 0.3 is 5.69 Å². The Hall–Kier alpha value is -0.940. The van der Waals surface area contributed by atoms with Gasteiger partial charge in [-0.15, -0.1) is 0 Å². The van der Waals surface area contributed by atoms with Crippen LogP contribution in [-0.2, 0) is 0 Å². The van der Waals surface area contributed by atoms with Crippen molar-refractivity contribution in [3.63, 3.8) is 0 Å². The number of benzene rings is 1. The molecule has 7 heteroatoms. The summed E-state index contributed by atoms with van der Waals surface area (Å²) in [7, 11) is 0. The number of nitrogens with zero attached hydrogens (tertiary/aromatic N) is 1. The van der Waals surface area contributed by atoms with Crippen molar-refractivity contribution in [2.24, 2.45) is 0 Å². The van der Waals surface area contributed by atoms with E-state index >= 15 is 0 Å². The summed E-state index contributed by atoms with van der Waals surface area (Å²) in [6.07, 6.45) is 0. The van der Waals surface area contributed by atoms with Crippen molar-refractivity contribution in [3.05, 3.63) is 37.9 Å². The van der Waals surface area contributed by atoms with Crippen molar-refractivity contribution in [3.8, 4) is 0 Å². The molecule has 0 atom stereocenters. The zero-order chi connectivity index (χ0) is 10.2. The molecule has 0 unspecified atom stereocenters. The second kappa shape index (κ2) is 3.43. The molecule has 0 N–H and O–H groups in total. The van der Waals surface area contributed by atoms with E-state index in [4.69, 9.17) is 23.2 Å². The van der Waals surface area contributed by atoms with Crippen LogP contribution in [-0.4, -0.2) is 4.92 Å². The molecule has 0 aromatic heterocycles. The lowest BCUT2D eigenvalue weighted by atomic mass is 10.3. The summed E-state index contributed by atoms with van der Waals surface area (Å²) >= 11 is 10.3. The minimum absolute atomic E-state index is 0.710. The predicted octanol–water partition coefficient (Wildman–Crippen LogP) is 2.98. The fraction of sp³-hybridized carbons (Fsp3) is 0. The number of nitro groups is 1. The number of rotatable bonds is 1. The van der Waals surface area contributed by atoms with Gasteiger partial charge in [-0.3, -0.25) is 10.1 Å². The molecule has 0 bridgehead atoms. The minimum Gasteiger partial charge on any atom is -0.258 e. The van der Waals surface area contributed by atoms with Crippen molar-refractivity contribution < 1.29 is 13.7 Å². The molecule has 1 rings (SSSR count). The molecule has 0 saturated carbocycles. The predicted molar refractivity (Wildman–Crippen MR) is 41.9 cm³/mol. The van der Waals surface area contributed by atoms with Gasteiger partial charge in [-0.1, -0.05) is 23.2 Å². The van der Waals surface area contributed by atoms with Gasteiger partial charge in [-0.2, -0.15) is 8.78 Å². The number of hydrogen-bond donors (Lipinski definition) is 0. The molecule has 0 aliphatic heterocycles. The Morgan fingerprint density at radius 3 is 1.92 bits per heavy atom. The van der Waals surface area contributed by atoms with Gasteiger partial charge in [0.15, 0.2) is 0 Å². The van der Waals surface area contributed by atoms with Crippen molar-refractivity contribution in [1.82, 2.24) is 0 Å². The van der Waals surface area contributed by atoms with Crippen LogP contribution in [0.5, 0.6) is 0 Å². The van der Waals surface area contributed by atoms with E-state index in [0.717, 1.165) is 0 Å². The van der Waals surface area contributed by atoms with E-state index in [9.17, 15) is 18.9 Å². The van der Waals surface area contributed by atoms with Crippen LogP contribution < -0.4 is 0 Å². The Morgan fingerprint density at radius 2 is 1.62 bits per heavy atom. The van der Waals surface area contributed by atoms with Crippen molar-refractivity contribution >= 4 is 28.9 Å². The first-order valence-electron chi connectivity index (χ1n) is 2.84. The van der Waals surface area contributed by atoms with E-state index in [1.165, 1.54) is 0 Å². The fourth-order valence-electron chi connectivity index (χ4n) is 0.671. The first kappa shape index (κ1) is 10.1. The summed E-state index contributed by atoms with van der Waals surface area (Å²) in [5.41, 5.74) is -1.37. The number of hydrogen-bond acceptors (Lipinski definition) is 2. The van der Waals surface area contributed by atoms with Crippen molar-refractivity contribution in [2.45, 2.75) is 0 Å². The largest absolute Gasteiger partial charge is 0.343 e. The molecule has 0 aliphatic rings. The first-order chi connectivity index (χ1) is 5.95. The summed E-state index contributed by atoms with van der Waals surface area (Å²) in [6.45, 7) is 0. The maximum absolute atomic E-state index is 12.8. The number of halogens is 4. The molecule has 69 valence electrons. The number of nitro benzene ring substituents is 1. The Morgan fingerprint density at radius 1 is 1.23 bits per heavy atom. The molecule has 0 fully saturated rings. The molecule has 3 nitrogen and oxygen atoms in total. The third-order valence-electron chi connectivity index (χ3n) is 1.20. The Kier molecular flexibility index (Phi) is 2.68. The van der Waals surface area contributed by atoms with Gasteiger partial charge in [-0.05, 0) is 0 Å². The third-order valence-corrected chi connectivity index (χ3v) is 1.72. The third kappa shape index (κ3) is 1.71. The molecule has 0 aliphatic carbocycles. The fourth-order valence-corrected chi connectivity index (χ4v) is 1.09. The zero-order valence-electron chi connectivity index (χ0n) is 5.78. The molecule has 13 heavy (non-hydrogen) atoms. The van der Waals surface area contributed by atoms with Crippen LogP contribution in [0, 0.1) is 27.8 Å². The quantitative estimate of drug-likeness (QED) is 0.420. The van der Waals surface area contributed by atoms with Gasteiger partial charge in [0.25, 0.3) is 0 Å². The summed E-state index contributed by atoms with van der Waals surface area (Å²) in [6, 6.07) is 1.88. The van der Waals surface area contributed by atoms with E-state index in [1.807, 2.05) is 6.07 Å². The molecule has 0 amide bonds. The monoisotopic (exact) mass is 226 g/mol. The highest BCUT2D eigenvalue weighted by Gasteiger charge is 2.26. The van der Waals surface area contributed by atoms with Crippen molar-refractivity contribution in [1.29, 1.82) is 0 Å². The van der Waals surface area contributed by atoms with Gasteiger partial charge in [-0.25, -0.2) is 0 Å². The maximum atomic E-state index is 12.8. The normalized spacial score (nSPS) is 10.2. The van der Waals surface area contributed by atoms with Crippen molar-refractivity contribution in [2.75, 3.05) is 0 Å². The second-order valence-electron chi connectivity index (χ2n) is 1.99. The molecular formula is C6Cl2F2NO2. The highest BCUT2D eigenvalue weighted by atomic mass is 35.5. The second-order valence-corrected chi connectivity index (χ2v) is 2.74. The van der Waals surface area contributed by atoms with Crippen LogP contribution in [0.25, 0.3) is 0 Å². The van der Waals surface area contributed by atoms with E-state index in [2.05, 4.69) is 0 Å². The molecule has 1 aromatic carbocycles. The Bertz CT molecular complexity index is 357. The molecule has 0 heterocycles. The van der Waals surface area contributed by atoms with Crippen LogP contribution in [0.1, 0.15) is 0 Å². The first-order valence-corrected chi connectivity index (χ1v) is 3.60. The summed E-state index contributed by atoms with van der Waals surface area (Å²) in [5.74, 6) is -2.96. The maximum Gasteiger partial charge on any atom is 0.343 e. The Labute approximate surface area is 81.0 Å².